The lowest BCUT2D eigenvalue weighted by Crippen LogP contribution is -2.67. The number of benzene rings is 1. The lowest BCUT2D eigenvalue weighted by Gasteiger charge is -2.61. The van der Waals surface area contributed by atoms with Gasteiger partial charge in [-0.15, -0.1) is 12.4 Å². The molecule has 0 aliphatic heterocycles. The molecule has 24 heavy (non-hydrogen) atoms. The number of ether oxygens (including phenoxy) is 2. The van der Waals surface area contributed by atoms with Crippen molar-refractivity contribution in [1.82, 2.24) is 5.32 Å². The largest absolute Gasteiger partial charge is 0.496 e. The molecule has 134 valence electrons. The third-order valence-electron chi connectivity index (χ3n) is 5.31. The maximum atomic E-state index is 12.7. The number of hydrogen-bond acceptors (Lipinski definition) is 4. The zero-order chi connectivity index (χ0) is 16.6. The molecule has 1 aromatic rings. The smallest absolute Gasteiger partial charge is 0.255 e. The second-order valence-electron chi connectivity index (χ2n) is 6.37. The van der Waals surface area contributed by atoms with Crippen molar-refractivity contribution < 1.29 is 14.3 Å². The van der Waals surface area contributed by atoms with Gasteiger partial charge in [0.15, 0.2) is 0 Å². The van der Waals surface area contributed by atoms with Gasteiger partial charge in [0.25, 0.3) is 5.91 Å². The number of rotatable bonds is 5. The van der Waals surface area contributed by atoms with Gasteiger partial charge in [0.2, 0.25) is 0 Å². The molecule has 2 saturated carbocycles. The Bertz CT molecular complexity index is 620. The molecule has 2 atom stereocenters. The molecule has 2 fully saturated rings. The Hall–Kier alpha value is -1.17. The highest BCUT2D eigenvalue weighted by atomic mass is 35.5. The van der Waals surface area contributed by atoms with Crippen LogP contribution in [0.5, 0.6) is 5.75 Å². The van der Waals surface area contributed by atoms with Crippen molar-refractivity contribution in [3.63, 3.8) is 0 Å². The van der Waals surface area contributed by atoms with Crippen molar-refractivity contribution in [2.75, 3.05) is 19.5 Å². The van der Waals surface area contributed by atoms with Crippen molar-refractivity contribution in [1.29, 1.82) is 0 Å². The van der Waals surface area contributed by atoms with Crippen molar-refractivity contribution >= 4 is 35.6 Å². The Morgan fingerprint density at radius 2 is 2.17 bits per heavy atom. The molecule has 3 rings (SSSR count). The Balaban J connectivity index is 0.00000208. The number of hydrogen-bond donors (Lipinski definition) is 2. The zero-order valence-corrected chi connectivity index (χ0v) is 15.5. The predicted octanol–water partition coefficient (Wildman–Crippen LogP) is 3.43. The summed E-state index contributed by atoms with van der Waals surface area (Å²) in [4.78, 5) is 12.7. The Labute approximate surface area is 153 Å². The zero-order valence-electron chi connectivity index (χ0n) is 13.9. The maximum absolute atomic E-state index is 12.7. The van der Waals surface area contributed by atoms with Crippen LogP contribution in [-0.2, 0) is 4.74 Å². The standard InChI is InChI=1S/C17H23ClN2O3.ClH/c1-3-23-15-9-14(17(15)5-4-6-17)20-16(21)10-7-11(18)12(19)8-13(10)22-2;/h7-8,14-15H,3-6,9,19H2,1-2H3,(H,20,21);1H. The first kappa shape index (κ1) is 19.2. The van der Waals surface area contributed by atoms with Crippen molar-refractivity contribution in [3.05, 3.63) is 22.7 Å². The van der Waals surface area contributed by atoms with Gasteiger partial charge >= 0.3 is 0 Å². The lowest BCUT2D eigenvalue weighted by atomic mass is 9.51. The van der Waals surface area contributed by atoms with Crippen LogP contribution in [0.15, 0.2) is 12.1 Å². The lowest BCUT2D eigenvalue weighted by molar-refractivity contribution is -0.169. The fourth-order valence-electron chi connectivity index (χ4n) is 3.79. The van der Waals surface area contributed by atoms with Crippen LogP contribution in [0.2, 0.25) is 5.02 Å². The maximum Gasteiger partial charge on any atom is 0.255 e. The third kappa shape index (κ3) is 3.05. The highest BCUT2D eigenvalue weighted by Gasteiger charge is 2.59. The van der Waals surface area contributed by atoms with Crippen LogP contribution in [0.4, 0.5) is 5.69 Å². The van der Waals surface area contributed by atoms with Crippen LogP contribution in [0.3, 0.4) is 0 Å². The van der Waals surface area contributed by atoms with Gasteiger partial charge in [0.05, 0.1) is 29.5 Å². The normalized spacial score (nSPS) is 23.6. The minimum Gasteiger partial charge on any atom is -0.496 e. The summed E-state index contributed by atoms with van der Waals surface area (Å²) in [5.41, 5.74) is 6.71. The Morgan fingerprint density at radius 1 is 1.46 bits per heavy atom. The van der Waals surface area contributed by atoms with E-state index in [1.807, 2.05) is 6.92 Å². The van der Waals surface area contributed by atoms with Crippen LogP contribution in [0.1, 0.15) is 43.0 Å². The van der Waals surface area contributed by atoms with Crippen LogP contribution >= 0.6 is 24.0 Å². The summed E-state index contributed by atoms with van der Waals surface area (Å²) >= 11 is 6.05. The van der Waals surface area contributed by atoms with Gasteiger partial charge in [-0.05, 0) is 32.3 Å². The van der Waals surface area contributed by atoms with Gasteiger partial charge in [0.1, 0.15) is 5.75 Å². The first-order valence-electron chi connectivity index (χ1n) is 8.07. The molecular weight excluding hydrogens is 351 g/mol. The summed E-state index contributed by atoms with van der Waals surface area (Å²) in [5.74, 6) is 0.266. The van der Waals surface area contributed by atoms with Crippen LogP contribution in [0, 0.1) is 5.41 Å². The van der Waals surface area contributed by atoms with E-state index < -0.39 is 0 Å². The van der Waals surface area contributed by atoms with E-state index in [2.05, 4.69) is 5.32 Å². The van der Waals surface area contributed by atoms with Gasteiger partial charge in [-0.2, -0.15) is 0 Å². The molecule has 2 aliphatic rings. The average molecular weight is 375 g/mol. The minimum atomic E-state index is -0.171. The number of methoxy groups -OCH3 is 1. The number of amides is 1. The summed E-state index contributed by atoms with van der Waals surface area (Å²) in [6.45, 7) is 2.73. The van der Waals surface area contributed by atoms with Crippen molar-refractivity contribution in [2.45, 2.75) is 44.8 Å². The number of nitrogen functional groups attached to an aromatic ring is 1. The highest BCUT2D eigenvalue weighted by molar-refractivity contribution is 6.33. The number of nitrogens with one attached hydrogen (secondary N) is 1. The summed E-state index contributed by atoms with van der Waals surface area (Å²) in [7, 11) is 1.52. The fraction of sp³-hybridized carbons (Fsp3) is 0.588. The first-order valence-corrected chi connectivity index (χ1v) is 8.45. The van der Waals surface area contributed by atoms with Crippen molar-refractivity contribution in [3.8, 4) is 5.75 Å². The van der Waals surface area contributed by atoms with Gasteiger partial charge in [-0.1, -0.05) is 18.0 Å². The first-order chi connectivity index (χ1) is 11.0. The van der Waals surface area contributed by atoms with Gasteiger partial charge in [-0.25, -0.2) is 0 Å². The molecule has 0 radical (unpaired) electrons. The van der Waals surface area contributed by atoms with E-state index in [1.54, 1.807) is 12.1 Å². The number of carbonyl (C=O) groups is 1. The van der Waals surface area contributed by atoms with Crippen LogP contribution in [-0.4, -0.2) is 31.8 Å². The fourth-order valence-corrected chi connectivity index (χ4v) is 3.96. The molecule has 7 heteroatoms. The summed E-state index contributed by atoms with van der Waals surface area (Å²) in [5, 5.41) is 3.49. The molecule has 0 heterocycles. The molecule has 2 unspecified atom stereocenters. The summed E-state index contributed by atoms with van der Waals surface area (Å²) in [6, 6.07) is 3.30. The minimum absolute atomic E-state index is 0. The van der Waals surface area contributed by atoms with Gasteiger partial charge < -0.3 is 20.5 Å². The van der Waals surface area contributed by atoms with E-state index in [-0.39, 0.29) is 35.9 Å². The SMILES string of the molecule is CCOC1CC(NC(=O)c2cc(Cl)c(N)cc2OC)C12CCC2.Cl. The summed E-state index contributed by atoms with van der Waals surface area (Å²) in [6.07, 6.45) is 4.56. The quantitative estimate of drug-likeness (QED) is 0.774. The number of anilines is 1. The van der Waals surface area contributed by atoms with E-state index in [0.717, 1.165) is 19.3 Å². The van der Waals surface area contributed by atoms with Crippen molar-refractivity contribution in [2.24, 2.45) is 5.41 Å². The molecule has 0 saturated heterocycles. The Kier molecular flexibility index (Phi) is 5.89. The number of nitrogens with two attached hydrogens (primary N) is 1. The second kappa shape index (κ2) is 7.38. The molecule has 1 spiro atoms. The highest BCUT2D eigenvalue weighted by Crippen LogP contribution is 2.57. The Morgan fingerprint density at radius 3 is 2.71 bits per heavy atom. The molecule has 2 aliphatic carbocycles. The summed E-state index contributed by atoms with van der Waals surface area (Å²) < 4.78 is 11.1. The average Bonchev–Trinajstić information content (AvgIpc) is 2.46. The molecule has 1 aromatic carbocycles. The molecule has 1 amide bonds. The van der Waals surface area contributed by atoms with E-state index in [0.29, 0.717) is 28.6 Å². The van der Waals surface area contributed by atoms with Gasteiger partial charge in [0, 0.05) is 24.1 Å². The monoisotopic (exact) mass is 374 g/mol. The van der Waals surface area contributed by atoms with E-state index in [1.165, 1.54) is 13.5 Å². The molecule has 0 bridgehead atoms. The number of carbonyl (C=O) groups excluding carboxylic acids is 1. The van der Waals surface area contributed by atoms with Gasteiger partial charge in [-0.3, -0.25) is 4.79 Å². The molecule has 3 N–H and O–H groups in total. The number of halogens is 2. The second-order valence-corrected chi connectivity index (χ2v) is 6.77. The molecule has 0 aromatic heterocycles. The van der Waals surface area contributed by atoms with Crippen LogP contribution < -0.4 is 15.8 Å². The molecule has 5 nitrogen and oxygen atoms in total. The third-order valence-corrected chi connectivity index (χ3v) is 5.63. The topological polar surface area (TPSA) is 73.6 Å². The van der Waals surface area contributed by atoms with E-state index >= 15 is 0 Å². The molecular formula is C17H24Cl2N2O3. The predicted molar refractivity (Wildman–Crippen MR) is 97.2 cm³/mol. The van der Waals surface area contributed by atoms with E-state index in [9.17, 15) is 4.79 Å². The van der Waals surface area contributed by atoms with Crippen LogP contribution in [0.25, 0.3) is 0 Å². The van der Waals surface area contributed by atoms with E-state index in [4.69, 9.17) is 26.8 Å².